The first-order chi connectivity index (χ1) is 8.22. The molecule has 0 amide bonds. The van der Waals surface area contributed by atoms with Gasteiger partial charge in [-0.3, -0.25) is 4.68 Å². The Morgan fingerprint density at radius 2 is 2.06 bits per heavy atom. The standard InChI is InChI=1S/C14H19ClN2/c1-3-6-11(15)9-10-13-12-7-4-5-8-14(12)17(2)16-13/h4-5,7-8,11H,3,6,9-10H2,1-2H3. The molecule has 0 fully saturated rings. The minimum absolute atomic E-state index is 0.278. The van der Waals surface area contributed by atoms with E-state index in [4.69, 9.17) is 11.6 Å². The maximum absolute atomic E-state index is 6.25. The van der Waals surface area contributed by atoms with Crippen molar-refractivity contribution in [2.24, 2.45) is 7.05 Å². The zero-order chi connectivity index (χ0) is 12.3. The predicted octanol–water partition coefficient (Wildman–Crippen LogP) is 3.91. The first kappa shape index (κ1) is 12.4. The van der Waals surface area contributed by atoms with E-state index in [-0.39, 0.29) is 5.38 Å². The van der Waals surface area contributed by atoms with Crippen LogP contribution in [0.1, 0.15) is 31.9 Å². The summed E-state index contributed by atoms with van der Waals surface area (Å²) < 4.78 is 1.95. The lowest BCUT2D eigenvalue weighted by molar-refractivity contribution is 0.660. The van der Waals surface area contributed by atoms with Gasteiger partial charge in [0.2, 0.25) is 0 Å². The number of fused-ring (bicyclic) bond motifs is 1. The lowest BCUT2D eigenvalue weighted by Gasteiger charge is -2.05. The molecule has 0 radical (unpaired) electrons. The number of nitrogens with zero attached hydrogens (tertiary/aromatic N) is 2. The predicted molar refractivity (Wildman–Crippen MR) is 73.6 cm³/mol. The molecule has 17 heavy (non-hydrogen) atoms. The lowest BCUT2D eigenvalue weighted by Crippen LogP contribution is -2.01. The Bertz CT molecular complexity index is 490. The van der Waals surface area contributed by atoms with E-state index in [2.05, 4.69) is 36.3 Å². The van der Waals surface area contributed by atoms with Crippen LogP contribution in [-0.2, 0) is 13.5 Å². The number of benzene rings is 1. The Balaban J connectivity index is 2.13. The molecule has 92 valence electrons. The normalized spacial score (nSPS) is 13.1. The van der Waals surface area contributed by atoms with Crippen molar-refractivity contribution < 1.29 is 0 Å². The maximum atomic E-state index is 6.25. The Morgan fingerprint density at radius 3 is 2.82 bits per heavy atom. The number of aromatic nitrogens is 2. The van der Waals surface area contributed by atoms with Gasteiger partial charge in [-0.15, -0.1) is 11.6 Å². The molecule has 0 saturated heterocycles. The number of alkyl halides is 1. The van der Waals surface area contributed by atoms with Crippen LogP contribution in [0.4, 0.5) is 0 Å². The van der Waals surface area contributed by atoms with Gasteiger partial charge in [0.25, 0.3) is 0 Å². The highest BCUT2D eigenvalue weighted by Crippen LogP contribution is 2.20. The van der Waals surface area contributed by atoms with Gasteiger partial charge in [0.15, 0.2) is 0 Å². The monoisotopic (exact) mass is 250 g/mol. The summed E-state index contributed by atoms with van der Waals surface area (Å²) in [4.78, 5) is 0. The Labute approximate surface area is 108 Å². The number of hydrogen-bond donors (Lipinski definition) is 0. The van der Waals surface area contributed by atoms with E-state index >= 15 is 0 Å². The summed E-state index contributed by atoms with van der Waals surface area (Å²) in [5, 5.41) is 6.12. The summed E-state index contributed by atoms with van der Waals surface area (Å²) in [6.45, 7) is 2.17. The molecule has 1 heterocycles. The summed E-state index contributed by atoms with van der Waals surface area (Å²) in [6.07, 6.45) is 4.22. The van der Waals surface area contributed by atoms with Crippen LogP contribution in [-0.4, -0.2) is 15.2 Å². The van der Waals surface area contributed by atoms with Crippen LogP contribution in [0.2, 0.25) is 0 Å². The van der Waals surface area contributed by atoms with Gasteiger partial charge in [-0.25, -0.2) is 0 Å². The molecule has 2 aromatic rings. The van der Waals surface area contributed by atoms with Crippen molar-refractivity contribution in [3.05, 3.63) is 30.0 Å². The average molecular weight is 251 g/mol. The average Bonchev–Trinajstić information content (AvgIpc) is 2.65. The van der Waals surface area contributed by atoms with Crippen LogP contribution in [0.3, 0.4) is 0 Å². The van der Waals surface area contributed by atoms with Gasteiger partial charge in [-0.1, -0.05) is 31.5 Å². The number of hydrogen-bond acceptors (Lipinski definition) is 1. The maximum Gasteiger partial charge on any atom is 0.0703 e. The molecule has 0 N–H and O–H groups in total. The fourth-order valence-corrected chi connectivity index (χ4v) is 2.55. The van der Waals surface area contributed by atoms with Gasteiger partial charge in [-0.2, -0.15) is 5.10 Å². The van der Waals surface area contributed by atoms with E-state index in [0.29, 0.717) is 0 Å². The number of rotatable bonds is 5. The second kappa shape index (κ2) is 5.54. The Morgan fingerprint density at radius 1 is 1.29 bits per heavy atom. The quantitative estimate of drug-likeness (QED) is 0.736. The second-order valence-corrected chi connectivity index (χ2v) is 5.13. The van der Waals surface area contributed by atoms with E-state index < -0.39 is 0 Å². The molecular weight excluding hydrogens is 232 g/mol. The molecule has 2 rings (SSSR count). The molecule has 0 aliphatic rings. The molecule has 1 aromatic carbocycles. The van der Waals surface area contributed by atoms with Gasteiger partial charge < -0.3 is 0 Å². The molecule has 1 aromatic heterocycles. The molecule has 0 aliphatic heterocycles. The third kappa shape index (κ3) is 2.81. The summed E-state index contributed by atoms with van der Waals surface area (Å²) >= 11 is 6.25. The molecule has 0 saturated carbocycles. The van der Waals surface area contributed by atoms with Crippen molar-refractivity contribution in [1.29, 1.82) is 0 Å². The van der Waals surface area contributed by atoms with Crippen LogP contribution in [0.25, 0.3) is 10.9 Å². The van der Waals surface area contributed by atoms with Gasteiger partial charge in [0.1, 0.15) is 0 Å². The summed E-state index contributed by atoms with van der Waals surface area (Å²) in [5.41, 5.74) is 2.37. The summed E-state index contributed by atoms with van der Waals surface area (Å²) in [5.74, 6) is 0. The fraction of sp³-hybridized carbons (Fsp3) is 0.500. The van der Waals surface area contributed by atoms with Crippen LogP contribution in [0.15, 0.2) is 24.3 Å². The van der Waals surface area contributed by atoms with E-state index in [1.54, 1.807) is 0 Å². The van der Waals surface area contributed by atoms with Crippen LogP contribution in [0.5, 0.6) is 0 Å². The van der Waals surface area contributed by atoms with E-state index in [1.807, 2.05) is 11.7 Å². The highest BCUT2D eigenvalue weighted by atomic mass is 35.5. The molecule has 2 nitrogen and oxygen atoms in total. The smallest absolute Gasteiger partial charge is 0.0703 e. The first-order valence-corrected chi connectivity index (χ1v) is 6.70. The van der Waals surface area contributed by atoms with Crippen LogP contribution in [0, 0.1) is 0 Å². The van der Waals surface area contributed by atoms with Crippen LogP contribution >= 0.6 is 11.6 Å². The minimum Gasteiger partial charge on any atom is -0.268 e. The van der Waals surface area contributed by atoms with Gasteiger partial charge in [0.05, 0.1) is 11.2 Å². The molecular formula is C14H19ClN2. The number of aryl methyl sites for hydroxylation is 2. The lowest BCUT2D eigenvalue weighted by atomic mass is 10.1. The molecule has 1 unspecified atom stereocenters. The SMILES string of the molecule is CCCC(Cl)CCc1nn(C)c2ccccc12. The van der Waals surface area contributed by atoms with Gasteiger partial charge >= 0.3 is 0 Å². The van der Waals surface area contributed by atoms with Gasteiger partial charge in [0, 0.05) is 17.8 Å². The minimum atomic E-state index is 0.278. The molecule has 0 spiro atoms. The van der Waals surface area contributed by atoms with Crippen molar-refractivity contribution in [1.82, 2.24) is 9.78 Å². The largest absolute Gasteiger partial charge is 0.268 e. The molecule has 1 atom stereocenters. The number of halogens is 1. The first-order valence-electron chi connectivity index (χ1n) is 6.27. The highest BCUT2D eigenvalue weighted by molar-refractivity contribution is 6.20. The summed E-state index contributed by atoms with van der Waals surface area (Å²) in [6, 6.07) is 8.36. The van der Waals surface area contributed by atoms with Crippen molar-refractivity contribution >= 4 is 22.5 Å². The second-order valence-electron chi connectivity index (χ2n) is 4.51. The Hall–Kier alpha value is -1.02. The van der Waals surface area contributed by atoms with E-state index in [0.717, 1.165) is 25.7 Å². The van der Waals surface area contributed by atoms with E-state index in [9.17, 15) is 0 Å². The fourth-order valence-electron chi connectivity index (χ4n) is 2.22. The highest BCUT2D eigenvalue weighted by Gasteiger charge is 2.10. The van der Waals surface area contributed by atoms with Gasteiger partial charge in [-0.05, 0) is 25.3 Å². The van der Waals surface area contributed by atoms with Crippen molar-refractivity contribution in [2.75, 3.05) is 0 Å². The molecule has 0 aliphatic carbocycles. The number of para-hydroxylation sites is 1. The Kier molecular flexibility index (Phi) is 4.06. The third-order valence-corrected chi connectivity index (χ3v) is 3.57. The van der Waals surface area contributed by atoms with Crippen molar-refractivity contribution in [3.8, 4) is 0 Å². The zero-order valence-electron chi connectivity index (χ0n) is 10.5. The topological polar surface area (TPSA) is 17.8 Å². The van der Waals surface area contributed by atoms with Crippen molar-refractivity contribution in [2.45, 2.75) is 38.0 Å². The third-order valence-electron chi connectivity index (χ3n) is 3.13. The van der Waals surface area contributed by atoms with Crippen molar-refractivity contribution in [3.63, 3.8) is 0 Å². The summed E-state index contributed by atoms with van der Waals surface area (Å²) in [7, 11) is 2.00. The van der Waals surface area contributed by atoms with E-state index in [1.165, 1.54) is 16.6 Å². The van der Waals surface area contributed by atoms with Crippen LogP contribution < -0.4 is 0 Å². The zero-order valence-corrected chi connectivity index (χ0v) is 11.2. The molecule has 0 bridgehead atoms. The molecule has 3 heteroatoms.